The van der Waals surface area contributed by atoms with Crippen molar-refractivity contribution in [3.63, 3.8) is 0 Å². The highest BCUT2D eigenvalue weighted by Crippen LogP contribution is 2.09. The molecule has 0 saturated carbocycles. The highest BCUT2D eigenvalue weighted by Gasteiger charge is 2.32. The molecule has 0 aromatic heterocycles. The van der Waals surface area contributed by atoms with Crippen LogP contribution in [0.15, 0.2) is 0 Å². The van der Waals surface area contributed by atoms with Gasteiger partial charge in [0.25, 0.3) is 8.56 Å². The SMILES string of the molecule is CCCC[Si](NC)(NC)N(C)C. The molecule has 3 nitrogen and oxygen atoms in total. The third kappa shape index (κ3) is 2.86. The van der Waals surface area contributed by atoms with E-state index in [4.69, 9.17) is 0 Å². The number of nitrogens with zero attached hydrogens (tertiary/aromatic N) is 1. The molecule has 2 N–H and O–H groups in total. The molecule has 0 aliphatic heterocycles. The predicted molar refractivity (Wildman–Crippen MR) is 57.3 cm³/mol. The molecule has 0 aromatic carbocycles. The summed E-state index contributed by atoms with van der Waals surface area (Å²) < 4.78 is 2.32. The first-order valence-electron chi connectivity index (χ1n) is 4.68. The Hall–Kier alpha value is 0.0969. The van der Waals surface area contributed by atoms with Crippen LogP contribution in [0.4, 0.5) is 0 Å². The van der Waals surface area contributed by atoms with E-state index in [0.717, 1.165) is 0 Å². The molecule has 4 heteroatoms. The van der Waals surface area contributed by atoms with E-state index in [-0.39, 0.29) is 0 Å². The molecule has 0 heterocycles. The van der Waals surface area contributed by atoms with Gasteiger partial charge in [0.15, 0.2) is 0 Å². The van der Waals surface area contributed by atoms with Gasteiger partial charge in [-0.1, -0.05) is 19.8 Å². The van der Waals surface area contributed by atoms with Gasteiger partial charge in [0.05, 0.1) is 0 Å². The van der Waals surface area contributed by atoms with Crippen LogP contribution in [0.3, 0.4) is 0 Å². The van der Waals surface area contributed by atoms with Gasteiger partial charge in [0, 0.05) is 0 Å². The summed E-state index contributed by atoms with van der Waals surface area (Å²) in [6, 6.07) is 1.27. The first kappa shape index (κ1) is 12.1. The van der Waals surface area contributed by atoms with Crippen LogP contribution in [-0.2, 0) is 0 Å². The first-order valence-corrected chi connectivity index (χ1v) is 6.83. The van der Waals surface area contributed by atoms with Crippen molar-refractivity contribution in [2.75, 3.05) is 28.2 Å². The summed E-state index contributed by atoms with van der Waals surface area (Å²) in [4.78, 5) is 6.91. The molecule has 0 fully saturated rings. The Balaban J connectivity index is 4.15. The largest absolute Gasteiger partial charge is 0.316 e. The van der Waals surface area contributed by atoms with Crippen molar-refractivity contribution >= 4 is 8.56 Å². The molecule has 74 valence electrons. The van der Waals surface area contributed by atoms with Crippen LogP contribution in [0.1, 0.15) is 19.8 Å². The Morgan fingerprint density at radius 1 is 1.17 bits per heavy atom. The fourth-order valence-electron chi connectivity index (χ4n) is 1.48. The van der Waals surface area contributed by atoms with Crippen LogP contribution in [0, 0.1) is 0 Å². The maximum absolute atomic E-state index is 3.45. The molecule has 0 radical (unpaired) electrons. The van der Waals surface area contributed by atoms with Gasteiger partial charge in [-0.3, -0.25) is 0 Å². The maximum Gasteiger partial charge on any atom is 0.283 e. The topological polar surface area (TPSA) is 27.3 Å². The lowest BCUT2D eigenvalue weighted by atomic mass is 10.4. The van der Waals surface area contributed by atoms with Crippen molar-refractivity contribution in [3.05, 3.63) is 0 Å². The first-order chi connectivity index (χ1) is 5.63. The molecule has 0 rings (SSSR count). The summed E-state index contributed by atoms with van der Waals surface area (Å²) in [7, 11) is 6.89. The standard InChI is InChI=1S/C8H23N3Si/c1-6-7-8-12(9-2,10-3)11(4)5/h9-10H,6-8H2,1-5H3. The summed E-state index contributed by atoms with van der Waals surface area (Å²) >= 11 is 0. The van der Waals surface area contributed by atoms with E-state index in [2.05, 4.69) is 49.6 Å². The Kier molecular flexibility index (Phi) is 5.74. The maximum atomic E-state index is 3.45. The molecule has 0 saturated heterocycles. The lowest BCUT2D eigenvalue weighted by molar-refractivity contribution is 0.560. The second-order valence-corrected chi connectivity index (χ2v) is 7.47. The molecule has 0 unspecified atom stereocenters. The van der Waals surface area contributed by atoms with Crippen LogP contribution in [-0.4, -0.2) is 41.3 Å². The van der Waals surface area contributed by atoms with E-state index in [1.165, 1.54) is 18.9 Å². The van der Waals surface area contributed by atoms with Gasteiger partial charge in [-0.15, -0.1) is 0 Å². The van der Waals surface area contributed by atoms with Gasteiger partial charge in [0.2, 0.25) is 0 Å². The summed E-state index contributed by atoms with van der Waals surface area (Å²) in [6.07, 6.45) is 2.57. The van der Waals surface area contributed by atoms with Gasteiger partial charge in [-0.05, 0) is 34.2 Å². The molecule has 0 aliphatic carbocycles. The molecule has 0 aromatic rings. The van der Waals surface area contributed by atoms with Gasteiger partial charge < -0.3 is 14.5 Å². The molecule has 0 atom stereocenters. The van der Waals surface area contributed by atoms with Crippen LogP contribution >= 0.6 is 0 Å². The van der Waals surface area contributed by atoms with Crippen LogP contribution in [0.25, 0.3) is 0 Å². The summed E-state index contributed by atoms with van der Waals surface area (Å²) in [6.45, 7) is 2.24. The van der Waals surface area contributed by atoms with Crippen molar-refractivity contribution in [3.8, 4) is 0 Å². The second kappa shape index (κ2) is 5.69. The van der Waals surface area contributed by atoms with E-state index >= 15 is 0 Å². The Labute approximate surface area is 77.8 Å². The minimum Gasteiger partial charge on any atom is -0.316 e. The lowest BCUT2D eigenvalue weighted by Gasteiger charge is -2.36. The van der Waals surface area contributed by atoms with E-state index in [1.807, 2.05) is 0 Å². The lowest BCUT2D eigenvalue weighted by Crippen LogP contribution is -2.69. The molecule has 12 heavy (non-hydrogen) atoms. The van der Waals surface area contributed by atoms with E-state index in [1.54, 1.807) is 0 Å². The summed E-state index contributed by atoms with van der Waals surface area (Å²) in [5, 5.41) is 0. The molecule has 0 bridgehead atoms. The number of hydrogen-bond acceptors (Lipinski definition) is 3. The molecule has 0 spiro atoms. The van der Waals surface area contributed by atoms with Crippen molar-refractivity contribution in [1.29, 1.82) is 0 Å². The van der Waals surface area contributed by atoms with Crippen molar-refractivity contribution in [2.24, 2.45) is 0 Å². The molecule has 0 aliphatic rings. The van der Waals surface area contributed by atoms with E-state index in [9.17, 15) is 0 Å². The fraction of sp³-hybridized carbons (Fsp3) is 1.00. The van der Waals surface area contributed by atoms with E-state index in [0.29, 0.717) is 0 Å². The van der Waals surface area contributed by atoms with Gasteiger partial charge >= 0.3 is 0 Å². The van der Waals surface area contributed by atoms with Crippen LogP contribution < -0.4 is 9.96 Å². The third-order valence-electron chi connectivity index (χ3n) is 2.48. The number of nitrogens with one attached hydrogen (secondary N) is 2. The third-order valence-corrected chi connectivity index (χ3v) is 6.74. The van der Waals surface area contributed by atoms with Crippen molar-refractivity contribution in [2.45, 2.75) is 25.8 Å². The van der Waals surface area contributed by atoms with E-state index < -0.39 is 8.56 Å². The normalized spacial score (nSPS) is 12.5. The predicted octanol–water partition coefficient (Wildman–Crippen LogP) is 0.726. The van der Waals surface area contributed by atoms with Crippen molar-refractivity contribution in [1.82, 2.24) is 14.5 Å². The zero-order valence-corrected chi connectivity index (χ0v) is 10.1. The van der Waals surface area contributed by atoms with Crippen LogP contribution in [0.2, 0.25) is 6.04 Å². The number of unbranched alkanes of at least 4 members (excludes halogenated alkanes) is 1. The molecular formula is C8H23N3Si. The van der Waals surface area contributed by atoms with Gasteiger partial charge in [-0.25, -0.2) is 0 Å². The van der Waals surface area contributed by atoms with Crippen LogP contribution in [0.5, 0.6) is 0 Å². The smallest absolute Gasteiger partial charge is 0.283 e. The Morgan fingerprint density at radius 2 is 1.67 bits per heavy atom. The summed E-state index contributed by atoms with van der Waals surface area (Å²) in [5.41, 5.74) is 0. The highest BCUT2D eigenvalue weighted by molar-refractivity contribution is 6.72. The zero-order chi connectivity index (χ0) is 9.61. The minimum atomic E-state index is -1.51. The Morgan fingerprint density at radius 3 is 1.92 bits per heavy atom. The average molecular weight is 189 g/mol. The quantitative estimate of drug-likeness (QED) is 0.603. The fourth-order valence-corrected chi connectivity index (χ4v) is 4.44. The highest BCUT2D eigenvalue weighted by atomic mass is 28.4. The van der Waals surface area contributed by atoms with Gasteiger partial charge in [-0.2, -0.15) is 0 Å². The molecular weight excluding hydrogens is 166 g/mol. The second-order valence-electron chi connectivity index (χ2n) is 3.36. The zero-order valence-electron chi connectivity index (χ0n) is 9.07. The summed E-state index contributed by atoms with van der Waals surface area (Å²) in [5.74, 6) is 0. The van der Waals surface area contributed by atoms with Crippen molar-refractivity contribution < 1.29 is 0 Å². The monoisotopic (exact) mass is 189 g/mol. The average Bonchev–Trinajstić information content (AvgIpc) is 2.07. The van der Waals surface area contributed by atoms with Gasteiger partial charge in [0.1, 0.15) is 0 Å². The number of hydrogen-bond donors (Lipinski definition) is 2. The molecule has 0 amide bonds. The minimum absolute atomic E-state index is 1.27. The number of rotatable bonds is 6. The Bertz CT molecular complexity index is 113.